The molecule has 0 aliphatic rings. The highest BCUT2D eigenvalue weighted by Crippen LogP contribution is 2.47. The average molecular weight is 839 g/mol. The zero-order valence-corrected chi connectivity index (χ0v) is 37.2. The number of rotatable bonds is 10. The molecule has 11 rings (SSSR count). The van der Waals surface area contributed by atoms with Gasteiger partial charge in [0.15, 0.2) is 0 Å². The number of hydrogen-bond acceptors (Lipinski definition) is 3. The molecule has 65 heavy (non-hydrogen) atoms. The Kier molecular flexibility index (Phi) is 10.2. The number of furan rings is 1. The first kappa shape index (κ1) is 39.9. The molecule has 0 aliphatic heterocycles. The zero-order valence-electron chi connectivity index (χ0n) is 37.2. The van der Waals surface area contributed by atoms with Gasteiger partial charge in [0.05, 0.1) is 11.4 Å². The summed E-state index contributed by atoms with van der Waals surface area (Å²) >= 11 is 0. The third-order valence-electron chi connectivity index (χ3n) is 12.9. The van der Waals surface area contributed by atoms with E-state index in [0.717, 1.165) is 56.1 Å². The third-order valence-corrected chi connectivity index (χ3v) is 12.9. The number of para-hydroxylation sites is 2. The Hall–Kier alpha value is -7.88. The van der Waals surface area contributed by atoms with E-state index in [1.807, 2.05) is 0 Å². The maximum Gasteiger partial charge on any atom is 0.136 e. The van der Waals surface area contributed by atoms with Crippen molar-refractivity contribution in [2.75, 3.05) is 9.80 Å². The molecule has 0 saturated carbocycles. The molecule has 0 N–H and O–H groups in total. The van der Waals surface area contributed by atoms with Gasteiger partial charge >= 0.3 is 0 Å². The quantitative estimate of drug-likeness (QED) is 0.137. The van der Waals surface area contributed by atoms with Gasteiger partial charge in [0.2, 0.25) is 0 Å². The highest BCUT2D eigenvalue weighted by atomic mass is 16.3. The van der Waals surface area contributed by atoms with E-state index in [2.05, 4.69) is 256 Å². The maximum atomic E-state index is 6.98. The van der Waals surface area contributed by atoms with Crippen LogP contribution < -0.4 is 9.80 Å². The maximum absolute atomic E-state index is 6.98. The molecule has 3 heteroatoms. The van der Waals surface area contributed by atoms with Gasteiger partial charge < -0.3 is 14.2 Å². The normalized spacial score (nSPS) is 11.7. The fraction of sp³-hybridized carbons (Fsp3) is 0.0968. The van der Waals surface area contributed by atoms with Crippen molar-refractivity contribution in [2.45, 2.75) is 39.5 Å². The molecule has 0 atom stereocenters. The molecule has 0 spiro atoms. The van der Waals surface area contributed by atoms with Gasteiger partial charge in [-0.3, -0.25) is 0 Å². The van der Waals surface area contributed by atoms with E-state index in [1.165, 1.54) is 54.9 Å². The fourth-order valence-electron chi connectivity index (χ4n) is 9.96. The SMILES string of the molecule is CC(C)c1c(N(c2ccccc2)c2cccc(-c3ccccc3)c2)ccc2cc3c(cc12)oc1cc2c(C(C)C)c(N(c4ccccc4)c4cccc(-c5ccccc5)c4)ccc2cc13. The molecule has 1 heterocycles. The van der Waals surface area contributed by atoms with E-state index in [0.29, 0.717) is 0 Å². The summed E-state index contributed by atoms with van der Waals surface area (Å²) in [5.74, 6) is 0.462. The van der Waals surface area contributed by atoms with Crippen LogP contribution in [0.2, 0.25) is 0 Å². The molecule has 0 bridgehead atoms. The van der Waals surface area contributed by atoms with Crippen LogP contribution in [-0.2, 0) is 0 Å². The predicted octanol–water partition coefficient (Wildman–Crippen LogP) is 18.4. The van der Waals surface area contributed by atoms with E-state index < -0.39 is 0 Å². The largest absolute Gasteiger partial charge is 0.456 e. The molecule has 0 saturated heterocycles. The van der Waals surface area contributed by atoms with Crippen molar-refractivity contribution in [1.82, 2.24) is 0 Å². The molecular weight excluding hydrogens is 789 g/mol. The lowest BCUT2D eigenvalue weighted by Gasteiger charge is -2.30. The van der Waals surface area contributed by atoms with Gasteiger partial charge in [0.25, 0.3) is 0 Å². The van der Waals surface area contributed by atoms with Crippen LogP contribution in [0.5, 0.6) is 0 Å². The summed E-state index contributed by atoms with van der Waals surface area (Å²) in [7, 11) is 0. The van der Waals surface area contributed by atoms with Crippen molar-refractivity contribution in [3.8, 4) is 22.3 Å². The number of nitrogens with zero attached hydrogens (tertiary/aromatic N) is 2. The smallest absolute Gasteiger partial charge is 0.136 e. The standard InChI is InChI=1S/C62H50N2O/c1-41(2)61-53-39-59-55(37-47(53)31-33-57(61)63(49-25-13-7-14-26-49)51-29-17-23-45(35-51)43-19-9-5-10-20-43)56-38-48-32-34-58(62(42(3)4)54(48)40-60(56)65-59)64(50-27-15-8-16-28-50)52-30-18-24-46(36-52)44-21-11-6-12-22-44/h5-42H,1-4H3. The van der Waals surface area contributed by atoms with Gasteiger partial charge in [-0.2, -0.15) is 0 Å². The highest BCUT2D eigenvalue weighted by molar-refractivity contribution is 6.15. The minimum atomic E-state index is 0.231. The molecule has 0 radical (unpaired) electrons. The number of hydrogen-bond donors (Lipinski definition) is 0. The number of anilines is 6. The molecule has 0 fully saturated rings. The minimum absolute atomic E-state index is 0.231. The first-order valence-electron chi connectivity index (χ1n) is 22.8. The van der Waals surface area contributed by atoms with Crippen LogP contribution >= 0.6 is 0 Å². The Labute approximate surface area is 381 Å². The fourth-order valence-corrected chi connectivity index (χ4v) is 9.96. The summed E-state index contributed by atoms with van der Waals surface area (Å²) < 4.78 is 6.98. The van der Waals surface area contributed by atoms with Crippen LogP contribution in [-0.4, -0.2) is 0 Å². The van der Waals surface area contributed by atoms with E-state index >= 15 is 0 Å². The molecule has 0 amide bonds. The highest BCUT2D eigenvalue weighted by Gasteiger charge is 2.24. The zero-order chi connectivity index (χ0) is 44.0. The van der Waals surface area contributed by atoms with Crippen LogP contribution in [0, 0.1) is 0 Å². The molecule has 1 aromatic heterocycles. The second kappa shape index (κ2) is 16.7. The van der Waals surface area contributed by atoms with E-state index in [1.54, 1.807) is 0 Å². The monoisotopic (exact) mass is 838 g/mol. The summed E-state index contributed by atoms with van der Waals surface area (Å²) in [5.41, 5.74) is 15.9. The Balaban J connectivity index is 1.08. The molecule has 0 unspecified atom stereocenters. The summed E-state index contributed by atoms with van der Waals surface area (Å²) in [6.07, 6.45) is 0. The molecule has 0 aliphatic carbocycles. The van der Waals surface area contributed by atoms with Crippen LogP contribution in [0.1, 0.15) is 50.7 Å². The van der Waals surface area contributed by atoms with Crippen molar-refractivity contribution in [3.05, 3.63) is 230 Å². The van der Waals surface area contributed by atoms with Gasteiger partial charge in [-0.05, 0) is 152 Å². The van der Waals surface area contributed by atoms with E-state index in [4.69, 9.17) is 4.42 Å². The topological polar surface area (TPSA) is 19.6 Å². The lowest BCUT2D eigenvalue weighted by atomic mass is 9.91. The molecule has 3 nitrogen and oxygen atoms in total. The van der Waals surface area contributed by atoms with Crippen LogP contribution in [0.3, 0.4) is 0 Å². The van der Waals surface area contributed by atoms with Gasteiger partial charge in [0, 0.05) is 33.5 Å². The number of benzene rings is 10. The predicted molar refractivity (Wildman–Crippen MR) is 277 cm³/mol. The van der Waals surface area contributed by atoms with Crippen LogP contribution in [0.15, 0.2) is 223 Å². The molecular formula is C62H50N2O. The minimum Gasteiger partial charge on any atom is -0.456 e. The van der Waals surface area contributed by atoms with Gasteiger partial charge in [-0.1, -0.05) is 161 Å². The lowest BCUT2D eigenvalue weighted by Crippen LogP contribution is -2.13. The summed E-state index contributed by atoms with van der Waals surface area (Å²) in [6, 6.07) is 79.0. The van der Waals surface area contributed by atoms with E-state index in [-0.39, 0.29) is 11.8 Å². The third kappa shape index (κ3) is 7.29. The van der Waals surface area contributed by atoms with E-state index in [9.17, 15) is 0 Å². The molecule has 10 aromatic carbocycles. The first-order valence-corrected chi connectivity index (χ1v) is 22.8. The summed E-state index contributed by atoms with van der Waals surface area (Å²) in [6.45, 7) is 9.22. The van der Waals surface area contributed by atoms with Crippen molar-refractivity contribution >= 4 is 77.6 Å². The van der Waals surface area contributed by atoms with Gasteiger partial charge in [-0.15, -0.1) is 0 Å². The first-order chi connectivity index (χ1) is 31.9. The second-order valence-corrected chi connectivity index (χ2v) is 17.7. The summed E-state index contributed by atoms with van der Waals surface area (Å²) in [5, 5.41) is 7.07. The van der Waals surface area contributed by atoms with Crippen molar-refractivity contribution < 1.29 is 4.42 Å². The van der Waals surface area contributed by atoms with Gasteiger partial charge in [0.1, 0.15) is 11.2 Å². The summed E-state index contributed by atoms with van der Waals surface area (Å²) in [4.78, 5) is 4.83. The van der Waals surface area contributed by atoms with Crippen molar-refractivity contribution in [1.29, 1.82) is 0 Å². The Morgan fingerprint density at radius 2 is 0.662 bits per heavy atom. The Morgan fingerprint density at radius 1 is 0.308 bits per heavy atom. The lowest BCUT2D eigenvalue weighted by molar-refractivity contribution is 0.670. The Morgan fingerprint density at radius 3 is 1.05 bits per heavy atom. The van der Waals surface area contributed by atoms with Crippen LogP contribution in [0.25, 0.3) is 65.7 Å². The van der Waals surface area contributed by atoms with Gasteiger partial charge in [-0.25, -0.2) is 0 Å². The molecule has 314 valence electrons. The van der Waals surface area contributed by atoms with Crippen LogP contribution in [0.4, 0.5) is 34.1 Å². The Bertz CT molecular complexity index is 3250. The van der Waals surface area contributed by atoms with Crippen molar-refractivity contribution in [2.24, 2.45) is 0 Å². The van der Waals surface area contributed by atoms with Crippen molar-refractivity contribution in [3.63, 3.8) is 0 Å². The number of fused-ring (bicyclic) bond motifs is 5. The second-order valence-electron chi connectivity index (χ2n) is 17.7. The molecule has 11 aromatic rings. The average Bonchev–Trinajstić information content (AvgIpc) is 3.69.